The van der Waals surface area contributed by atoms with E-state index in [1.54, 1.807) is 6.08 Å². The zero-order chi connectivity index (χ0) is 54.1. The Kier molecular flexibility index (Phi) is 61.8. The van der Waals surface area contributed by atoms with Crippen LogP contribution in [0.25, 0.3) is 0 Å². The van der Waals surface area contributed by atoms with Gasteiger partial charge < -0.3 is 15.5 Å². The predicted molar refractivity (Wildman–Crippen MR) is 335 cm³/mol. The molecule has 0 aliphatic heterocycles. The maximum Gasteiger partial charge on any atom is 0.220 e. The van der Waals surface area contributed by atoms with Crippen LogP contribution in [-0.4, -0.2) is 34.9 Å². The molecule has 0 spiro atoms. The van der Waals surface area contributed by atoms with Crippen LogP contribution in [0.1, 0.15) is 290 Å². The molecular weight excluding hydrogens is 915 g/mol. The summed E-state index contributed by atoms with van der Waals surface area (Å²) >= 11 is 0. The van der Waals surface area contributed by atoms with Crippen molar-refractivity contribution >= 4 is 5.91 Å². The van der Waals surface area contributed by atoms with Crippen molar-refractivity contribution in [2.45, 2.75) is 302 Å². The van der Waals surface area contributed by atoms with Gasteiger partial charge in [-0.3, -0.25) is 4.79 Å². The van der Waals surface area contributed by atoms with E-state index in [0.717, 1.165) is 96.3 Å². The van der Waals surface area contributed by atoms with Gasteiger partial charge in [0.25, 0.3) is 0 Å². The summed E-state index contributed by atoms with van der Waals surface area (Å²) in [6.07, 6.45) is 101. The summed E-state index contributed by atoms with van der Waals surface area (Å²) in [5.41, 5.74) is 0. The maximum absolute atomic E-state index is 12.5. The van der Waals surface area contributed by atoms with Crippen molar-refractivity contribution in [3.63, 3.8) is 0 Å². The number of hydrogen-bond acceptors (Lipinski definition) is 3. The van der Waals surface area contributed by atoms with Crippen LogP contribution in [-0.2, 0) is 4.79 Å². The SMILES string of the molecule is CC/C=C\C/C=C\C/C=C\C/C=C\C/C=C\C/C=C\C/C=C\C/C=C\CCCCCCCCCCCCC(=O)NC(CO)C(O)/C=C/CC/C=C/CC/C=C/CCCCCCCCCCCCCCCCCCCC. The van der Waals surface area contributed by atoms with Gasteiger partial charge in [0.1, 0.15) is 0 Å². The van der Waals surface area contributed by atoms with Gasteiger partial charge >= 0.3 is 0 Å². The maximum atomic E-state index is 12.5. The van der Waals surface area contributed by atoms with Gasteiger partial charge in [-0.25, -0.2) is 0 Å². The Hall–Kier alpha value is -3.47. The van der Waals surface area contributed by atoms with Crippen LogP contribution in [0, 0.1) is 0 Å². The van der Waals surface area contributed by atoms with Crippen molar-refractivity contribution in [3.05, 3.63) is 134 Å². The van der Waals surface area contributed by atoms with Crippen molar-refractivity contribution < 1.29 is 15.0 Å². The summed E-state index contributed by atoms with van der Waals surface area (Å²) in [6, 6.07) is -0.659. The van der Waals surface area contributed by atoms with Crippen LogP contribution < -0.4 is 5.32 Å². The van der Waals surface area contributed by atoms with E-state index in [1.807, 2.05) is 6.08 Å². The van der Waals surface area contributed by atoms with E-state index in [-0.39, 0.29) is 12.5 Å². The fraction of sp³-hybridized carbons (Fsp3) is 0.676. The zero-order valence-corrected chi connectivity index (χ0v) is 49.3. The van der Waals surface area contributed by atoms with E-state index in [9.17, 15) is 15.0 Å². The Labute approximate surface area is 466 Å². The third-order valence-electron chi connectivity index (χ3n) is 13.8. The second-order valence-electron chi connectivity index (χ2n) is 21.1. The van der Waals surface area contributed by atoms with Gasteiger partial charge in [0, 0.05) is 6.42 Å². The Morgan fingerprint density at radius 2 is 0.600 bits per heavy atom. The molecule has 2 atom stereocenters. The number of carbonyl (C=O) groups excluding carboxylic acids is 1. The number of aliphatic hydroxyl groups excluding tert-OH is 2. The molecule has 0 aromatic heterocycles. The summed E-state index contributed by atoms with van der Waals surface area (Å²) in [5.74, 6) is -0.0861. The lowest BCUT2D eigenvalue weighted by molar-refractivity contribution is -0.123. The summed E-state index contributed by atoms with van der Waals surface area (Å²) < 4.78 is 0. The van der Waals surface area contributed by atoms with Crippen LogP contribution in [0.3, 0.4) is 0 Å². The molecule has 4 nitrogen and oxygen atoms in total. The second kappa shape index (κ2) is 64.8. The molecule has 428 valence electrons. The summed E-state index contributed by atoms with van der Waals surface area (Å²) in [7, 11) is 0. The van der Waals surface area contributed by atoms with Crippen LogP contribution in [0.5, 0.6) is 0 Å². The minimum atomic E-state index is -0.883. The first-order chi connectivity index (χ1) is 37.2. The van der Waals surface area contributed by atoms with E-state index >= 15 is 0 Å². The zero-order valence-electron chi connectivity index (χ0n) is 49.3. The molecule has 0 bridgehead atoms. The highest BCUT2D eigenvalue weighted by Gasteiger charge is 2.18. The average Bonchev–Trinajstić information content (AvgIpc) is 3.41. The monoisotopic (exact) mass is 1040 g/mol. The summed E-state index contributed by atoms with van der Waals surface area (Å²) in [6.45, 7) is 4.19. The lowest BCUT2D eigenvalue weighted by Crippen LogP contribution is -2.45. The van der Waals surface area contributed by atoms with Crippen molar-refractivity contribution in [1.82, 2.24) is 5.32 Å². The van der Waals surface area contributed by atoms with Gasteiger partial charge in [0.15, 0.2) is 0 Å². The highest BCUT2D eigenvalue weighted by atomic mass is 16.3. The van der Waals surface area contributed by atoms with Gasteiger partial charge in [-0.2, -0.15) is 0 Å². The number of hydrogen-bond donors (Lipinski definition) is 3. The lowest BCUT2D eigenvalue weighted by atomic mass is 10.0. The number of nitrogens with one attached hydrogen (secondary N) is 1. The van der Waals surface area contributed by atoms with Crippen LogP contribution in [0.4, 0.5) is 0 Å². The molecule has 0 rings (SSSR count). The van der Waals surface area contributed by atoms with Gasteiger partial charge in [-0.1, -0.05) is 308 Å². The molecule has 0 saturated carbocycles. The van der Waals surface area contributed by atoms with E-state index in [2.05, 4.69) is 141 Å². The lowest BCUT2D eigenvalue weighted by Gasteiger charge is -2.19. The minimum Gasteiger partial charge on any atom is -0.394 e. The normalized spacial score (nSPS) is 13.7. The molecule has 0 aliphatic carbocycles. The largest absolute Gasteiger partial charge is 0.394 e. The van der Waals surface area contributed by atoms with E-state index in [1.165, 1.54) is 173 Å². The van der Waals surface area contributed by atoms with Crippen molar-refractivity contribution in [3.8, 4) is 0 Å². The fourth-order valence-electron chi connectivity index (χ4n) is 9.05. The van der Waals surface area contributed by atoms with Crippen LogP contribution in [0.2, 0.25) is 0 Å². The third-order valence-corrected chi connectivity index (χ3v) is 13.8. The topological polar surface area (TPSA) is 69.6 Å². The molecule has 0 radical (unpaired) electrons. The van der Waals surface area contributed by atoms with Crippen molar-refractivity contribution in [2.75, 3.05) is 6.61 Å². The first-order valence-electron chi connectivity index (χ1n) is 31.9. The highest BCUT2D eigenvalue weighted by Crippen LogP contribution is 2.16. The van der Waals surface area contributed by atoms with E-state index in [4.69, 9.17) is 0 Å². The van der Waals surface area contributed by atoms with Crippen LogP contribution in [0.15, 0.2) is 134 Å². The molecule has 0 heterocycles. The van der Waals surface area contributed by atoms with Gasteiger partial charge in [-0.15, -0.1) is 0 Å². The second-order valence-corrected chi connectivity index (χ2v) is 21.1. The Bertz CT molecular complexity index is 1500. The van der Waals surface area contributed by atoms with Gasteiger partial charge in [-0.05, 0) is 109 Å². The molecule has 3 N–H and O–H groups in total. The van der Waals surface area contributed by atoms with Gasteiger partial charge in [0.05, 0.1) is 18.8 Å². The standard InChI is InChI=1S/C71H121NO3/c1-3-5-7-9-11-13-15-17-19-21-23-25-27-29-31-33-34-35-36-37-38-39-41-43-45-47-49-51-53-55-57-59-61-63-65-67-71(75)72-69(68-73)70(74)66-64-62-60-58-56-54-52-50-48-46-44-42-40-32-30-28-26-24-22-20-18-16-14-12-10-8-6-4-2/h5,7,11,13,17,19,23,25,29,31,34-35,37-38,41,43,48,50,56,58,64,66,69-70,73-74H,3-4,6,8-10,12,14-16,18,20-22,24,26-28,30,32-33,36,39-40,42,44-47,49,51-55,57,59-63,65,67-68H2,1-2H3,(H,72,75)/b7-5-,13-11-,19-17-,25-23-,31-29-,35-34-,38-37-,43-41-,50-48+,58-56+,66-64+. The quantitative estimate of drug-likeness (QED) is 0.0420. The molecule has 1 amide bonds. The number of rotatable bonds is 57. The molecular formula is C71H121NO3. The first-order valence-corrected chi connectivity index (χ1v) is 31.9. The van der Waals surface area contributed by atoms with E-state index < -0.39 is 12.1 Å². The summed E-state index contributed by atoms with van der Waals surface area (Å²) in [5, 5.41) is 23.2. The van der Waals surface area contributed by atoms with Crippen LogP contribution >= 0.6 is 0 Å². The smallest absolute Gasteiger partial charge is 0.220 e. The predicted octanol–water partition coefficient (Wildman–Crippen LogP) is 21.8. The molecule has 75 heavy (non-hydrogen) atoms. The Morgan fingerprint density at radius 3 is 0.933 bits per heavy atom. The van der Waals surface area contributed by atoms with Crippen molar-refractivity contribution in [1.29, 1.82) is 0 Å². The number of aliphatic hydroxyl groups is 2. The molecule has 4 heteroatoms. The van der Waals surface area contributed by atoms with Crippen molar-refractivity contribution in [2.24, 2.45) is 0 Å². The molecule has 2 unspecified atom stereocenters. The van der Waals surface area contributed by atoms with Gasteiger partial charge in [0.2, 0.25) is 5.91 Å². The Morgan fingerprint density at radius 1 is 0.333 bits per heavy atom. The number of amides is 1. The minimum absolute atomic E-state index is 0.0861. The third kappa shape index (κ3) is 61.3. The molecule has 0 saturated heterocycles. The van der Waals surface area contributed by atoms with E-state index in [0.29, 0.717) is 6.42 Å². The number of carbonyl (C=O) groups is 1. The summed E-state index contributed by atoms with van der Waals surface area (Å²) in [4.78, 5) is 12.5. The Balaban J connectivity index is 3.62. The fourth-order valence-corrected chi connectivity index (χ4v) is 9.05. The first kappa shape index (κ1) is 71.5. The molecule has 0 aromatic carbocycles. The molecule has 0 aliphatic rings. The molecule has 0 aromatic rings. The highest BCUT2D eigenvalue weighted by molar-refractivity contribution is 5.76. The number of allylic oxidation sites excluding steroid dienone is 21. The average molecular weight is 1040 g/mol. The number of unbranched alkanes of at least 4 members (excludes halogenated alkanes) is 30. The molecule has 0 fully saturated rings.